The Balaban J connectivity index is 1.48. The van der Waals surface area contributed by atoms with Crippen molar-refractivity contribution in [3.63, 3.8) is 0 Å². The first-order chi connectivity index (χ1) is 22.0. The number of aliphatic hydroxyl groups is 6. The lowest BCUT2D eigenvalue weighted by molar-refractivity contribution is -0.272. The molecule has 0 spiro atoms. The maximum absolute atomic E-state index is 11.5. The topological polar surface area (TPSA) is 253 Å². The second-order valence-corrected chi connectivity index (χ2v) is 11.1. The maximum atomic E-state index is 11.5. The molecule has 46 heavy (non-hydrogen) atoms. The first kappa shape index (κ1) is 40.6. The number of hydrogen-bond acceptors (Lipinski definition) is 16. The average molecular weight is 673 g/mol. The van der Waals surface area contributed by atoms with Gasteiger partial charge in [0.25, 0.3) is 0 Å². The Morgan fingerprint density at radius 3 is 1.30 bits per heavy atom. The van der Waals surface area contributed by atoms with Gasteiger partial charge in [0.15, 0.2) is 12.6 Å². The van der Waals surface area contributed by atoms with Gasteiger partial charge in [0.2, 0.25) is 11.8 Å². The molecule has 0 saturated carbocycles. The third-order valence-electron chi connectivity index (χ3n) is 7.07. The molecule has 2 aliphatic heterocycles. The Morgan fingerprint density at radius 2 is 0.957 bits per heavy atom. The zero-order chi connectivity index (χ0) is 34.1. The fourth-order valence-electron chi connectivity index (χ4n) is 4.73. The smallest absolute Gasteiger partial charge is 0.217 e. The molecule has 0 radical (unpaired) electrons. The van der Waals surface area contributed by atoms with Gasteiger partial charge in [-0.25, -0.2) is 0 Å². The summed E-state index contributed by atoms with van der Waals surface area (Å²) in [5.41, 5.74) is 0. The molecule has 2 fully saturated rings. The zero-order valence-corrected chi connectivity index (χ0v) is 26.6. The Kier molecular flexibility index (Phi) is 19.5. The molecule has 2 amide bonds. The molecule has 11 atom stereocenters. The molecule has 8 N–H and O–H groups in total. The van der Waals surface area contributed by atoms with Crippen molar-refractivity contribution >= 4 is 11.8 Å². The van der Waals surface area contributed by atoms with Crippen LogP contribution in [0.1, 0.15) is 20.8 Å². The summed E-state index contributed by atoms with van der Waals surface area (Å²) >= 11 is 0. The summed E-state index contributed by atoms with van der Waals surface area (Å²) in [4.78, 5) is 22.9. The molecule has 0 aliphatic carbocycles. The largest absolute Gasteiger partial charge is 0.394 e. The number of nitrogens with one attached hydrogen (secondary N) is 2. The van der Waals surface area contributed by atoms with Gasteiger partial charge in [0.1, 0.15) is 48.7 Å². The van der Waals surface area contributed by atoms with Crippen molar-refractivity contribution in [3.8, 4) is 0 Å². The van der Waals surface area contributed by atoms with Crippen LogP contribution < -0.4 is 10.6 Å². The lowest BCUT2D eigenvalue weighted by Gasteiger charge is -2.42. The number of carbonyl (C=O) groups excluding carboxylic acids is 2. The van der Waals surface area contributed by atoms with Crippen LogP contribution in [0.4, 0.5) is 0 Å². The van der Waals surface area contributed by atoms with Gasteiger partial charge in [-0.3, -0.25) is 9.59 Å². The predicted octanol–water partition coefficient (Wildman–Crippen LogP) is -4.39. The monoisotopic (exact) mass is 672 g/mol. The van der Waals surface area contributed by atoms with Gasteiger partial charge in [-0.05, 0) is 0 Å². The van der Waals surface area contributed by atoms with Gasteiger partial charge in [-0.15, -0.1) is 0 Å². The van der Waals surface area contributed by atoms with Gasteiger partial charge in [0, 0.05) is 19.8 Å². The fraction of sp³-hybridized carbons (Fsp3) is 0.929. The first-order valence-corrected chi connectivity index (χ1v) is 15.3. The van der Waals surface area contributed by atoms with E-state index < -0.39 is 86.3 Å². The summed E-state index contributed by atoms with van der Waals surface area (Å²) in [5.74, 6) is -0.765. The van der Waals surface area contributed by atoms with Crippen LogP contribution in [-0.4, -0.2) is 183 Å². The van der Waals surface area contributed by atoms with E-state index in [0.29, 0.717) is 39.6 Å². The van der Waals surface area contributed by atoms with E-state index in [4.69, 9.17) is 37.9 Å². The molecular formula is C28H52N2O16. The summed E-state index contributed by atoms with van der Waals surface area (Å²) in [5, 5.41) is 64.3. The van der Waals surface area contributed by atoms with Crippen molar-refractivity contribution in [1.82, 2.24) is 10.6 Å². The third kappa shape index (κ3) is 13.9. The molecule has 0 aromatic rings. The van der Waals surface area contributed by atoms with Crippen LogP contribution in [0.25, 0.3) is 0 Å². The maximum Gasteiger partial charge on any atom is 0.217 e. The minimum Gasteiger partial charge on any atom is -0.394 e. The number of carbonyl (C=O) groups is 2. The van der Waals surface area contributed by atoms with E-state index in [9.17, 15) is 40.2 Å². The number of aliphatic hydroxyl groups excluding tert-OH is 6. The zero-order valence-electron chi connectivity index (χ0n) is 26.6. The molecule has 2 rings (SSSR count). The van der Waals surface area contributed by atoms with Crippen LogP contribution in [-0.2, 0) is 47.5 Å². The molecule has 2 heterocycles. The van der Waals surface area contributed by atoms with Gasteiger partial charge < -0.3 is 79.2 Å². The van der Waals surface area contributed by atoms with Crippen LogP contribution in [0.2, 0.25) is 0 Å². The molecular weight excluding hydrogens is 620 g/mol. The van der Waals surface area contributed by atoms with Crippen molar-refractivity contribution in [2.75, 3.05) is 79.3 Å². The van der Waals surface area contributed by atoms with Crippen molar-refractivity contribution < 1.29 is 78.1 Å². The van der Waals surface area contributed by atoms with Crippen molar-refractivity contribution in [2.45, 2.75) is 82.1 Å². The normalized spacial score (nSPS) is 32.2. The highest BCUT2D eigenvalue weighted by Gasteiger charge is 2.46. The van der Waals surface area contributed by atoms with Gasteiger partial charge in [-0.1, -0.05) is 6.92 Å². The molecule has 2 aliphatic rings. The summed E-state index contributed by atoms with van der Waals surface area (Å²) in [7, 11) is 0. The summed E-state index contributed by atoms with van der Waals surface area (Å²) in [6, 6.07) is -2.02. The summed E-state index contributed by atoms with van der Waals surface area (Å²) < 4.78 is 44.3. The second kappa shape index (κ2) is 22.1. The molecule has 5 unspecified atom stereocenters. The minimum absolute atomic E-state index is 0.0730. The first-order valence-electron chi connectivity index (χ1n) is 15.3. The number of ether oxygens (including phenoxy) is 8. The average Bonchev–Trinajstić information content (AvgIpc) is 3.01. The van der Waals surface area contributed by atoms with Gasteiger partial charge in [0.05, 0.1) is 79.3 Å². The Morgan fingerprint density at radius 1 is 0.609 bits per heavy atom. The van der Waals surface area contributed by atoms with Crippen LogP contribution in [0.5, 0.6) is 0 Å². The van der Waals surface area contributed by atoms with E-state index in [-0.39, 0.29) is 32.3 Å². The second-order valence-electron chi connectivity index (χ2n) is 11.1. The highest BCUT2D eigenvalue weighted by Crippen LogP contribution is 2.23. The third-order valence-corrected chi connectivity index (χ3v) is 7.07. The fourth-order valence-corrected chi connectivity index (χ4v) is 4.73. The minimum atomic E-state index is -1.38. The summed E-state index contributed by atoms with van der Waals surface area (Å²) in [6.07, 6.45) is -9.79. The number of hydrogen-bond donors (Lipinski definition) is 8. The molecule has 0 aromatic heterocycles. The van der Waals surface area contributed by atoms with E-state index in [2.05, 4.69) is 10.6 Å². The van der Waals surface area contributed by atoms with Crippen molar-refractivity contribution in [1.29, 1.82) is 0 Å². The molecule has 18 heteroatoms. The van der Waals surface area contributed by atoms with Crippen LogP contribution in [0.15, 0.2) is 0 Å². The lowest BCUT2D eigenvalue weighted by Crippen LogP contribution is -2.64. The highest BCUT2D eigenvalue weighted by molar-refractivity contribution is 5.73. The van der Waals surface area contributed by atoms with Crippen LogP contribution in [0.3, 0.4) is 0 Å². The molecule has 2 saturated heterocycles. The van der Waals surface area contributed by atoms with E-state index in [0.717, 1.165) is 0 Å². The molecule has 270 valence electrons. The van der Waals surface area contributed by atoms with Crippen LogP contribution in [0, 0.1) is 5.92 Å². The van der Waals surface area contributed by atoms with E-state index >= 15 is 0 Å². The number of rotatable bonds is 22. The lowest BCUT2D eigenvalue weighted by atomic mass is 9.97. The Labute approximate surface area is 268 Å². The van der Waals surface area contributed by atoms with E-state index in [1.807, 2.05) is 6.92 Å². The molecule has 18 nitrogen and oxygen atoms in total. The quantitative estimate of drug-likeness (QED) is 0.0506. The van der Waals surface area contributed by atoms with Gasteiger partial charge >= 0.3 is 0 Å². The van der Waals surface area contributed by atoms with Crippen molar-refractivity contribution in [2.24, 2.45) is 5.92 Å². The Bertz CT molecular complexity index is 792. The standard InChI is InChI=1S/C28H52N2O16/c1-16(14-41-6-4-39-8-10-43-27-21(29-17(2)33)25(37)23(35)19(12-31)45-27)15-42-7-5-40-9-11-44-28-22(30-18(3)34)26(38)24(36)20(13-32)46-28/h16,19-28,31-32,35-38H,4-15H2,1-3H3,(H,29,33)(H,30,34)/t16?,19?,20?,21-,22+,23-,24-,25?,26?,27+,28+/m0/s1. The highest BCUT2D eigenvalue weighted by atomic mass is 16.7. The van der Waals surface area contributed by atoms with E-state index in [1.54, 1.807) is 0 Å². The van der Waals surface area contributed by atoms with Crippen molar-refractivity contribution in [3.05, 3.63) is 0 Å². The SMILES string of the molecule is CC(=O)N[C@@H]1C(O)[C@@H](O)C(CO)O[C@H]1OCCOCCOCC(C)COCCOCCO[C@@H]1OC(CO)[C@H](O)C(O)[C@@H]1NC(C)=O. The molecule has 0 bridgehead atoms. The molecule has 0 aromatic carbocycles. The predicted molar refractivity (Wildman–Crippen MR) is 155 cm³/mol. The van der Waals surface area contributed by atoms with E-state index in [1.165, 1.54) is 13.8 Å². The van der Waals surface area contributed by atoms with Gasteiger partial charge in [-0.2, -0.15) is 0 Å². The van der Waals surface area contributed by atoms with Crippen LogP contribution >= 0.6 is 0 Å². The number of amides is 2. The summed E-state index contributed by atoms with van der Waals surface area (Å²) in [6.45, 7) is 6.08. The Hall–Kier alpha value is -1.62.